The van der Waals surface area contributed by atoms with Crippen molar-refractivity contribution < 1.29 is 14.4 Å². The van der Waals surface area contributed by atoms with Crippen molar-refractivity contribution in [2.45, 2.75) is 32.2 Å². The Balaban J connectivity index is 0.00000240. The number of piperazine rings is 1. The van der Waals surface area contributed by atoms with Crippen LogP contribution in [0.25, 0.3) is 0 Å². The van der Waals surface area contributed by atoms with Crippen LogP contribution in [0.5, 0.6) is 0 Å². The second-order valence-electron chi connectivity index (χ2n) is 8.09. The first-order chi connectivity index (χ1) is 13.5. The number of piperidine rings is 1. The first-order valence-corrected chi connectivity index (χ1v) is 10.2. The molecule has 0 spiro atoms. The van der Waals surface area contributed by atoms with E-state index in [0.717, 1.165) is 30.6 Å². The smallest absolute Gasteiger partial charge is 0.236 e. The third-order valence-corrected chi connectivity index (χ3v) is 6.09. The summed E-state index contributed by atoms with van der Waals surface area (Å²) in [5.41, 5.74) is 2.00. The number of rotatable bonds is 3. The van der Waals surface area contributed by atoms with Crippen LogP contribution in [0.4, 0.5) is 5.69 Å². The molecule has 7 nitrogen and oxygen atoms in total. The number of carbonyl (C=O) groups is 3. The van der Waals surface area contributed by atoms with Crippen molar-refractivity contribution in [1.29, 1.82) is 0 Å². The van der Waals surface area contributed by atoms with E-state index in [0.29, 0.717) is 32.7 Å². The van der Waals surface area contributed by atoms with Crippen LogP contribution in [0.15, 0.2) is 24.3 Å². The monoisotopic (exact) mass is 420 g/mol. The van der Waals surface area contributed by atoms with Gasteiger partial charge in [-0.2, -0.15) is 0 Å². The molecule has 0 radical (unpaired) electrons. The van der Waals surface area contributed by atoms with Gasteiger partial charge in [0.25, 0.3) is 0 Å². The Hall–Kier alpha value is -2.12. The van der Waals surface area contributed by atoms with Crippen molar-refractivity contribution in [3.05, 3.63) is 29.8 Å². The first-order valence-electron chi connectivity index (χ1n) is 10.2. The van der Waals surface area contributed by atoms with Gasteiger partial charge in [-0.15, -0.1) is 12.4 Å². The van der Waals surface area contributed by atoms with Gasteiger partial charge in [0.15, 0.2) is 0 Å². The number of hydrogen-bond donors (Lipinski definition) is 1. The van der Waals surface area contributed by atoms with Crippen molar-refractivity contribution in [1.82, 2.24) is 15.1 Å². The van der Waals surface area contributed by atoms with Crippen LogP contribution < -0.4 is 10.2 Å². The minimum Gasteiger partial charge on any atom is -0.340 e. The zero-order valence-corrected chi connectivity index (χ0v) is 17.6. The molecule has 0 aliphatic carbocycles. The second kappa shape index (κ2) is 9.13. The van der Waals surface area contributed by atoms with E-state index in [1.165, 1.54) is 0 Å². The summed E-state index contributed by atoms with van der Waals surface area (Å²) in [5, 5.41) is 3.10. The molecule has 3 amide bonds. The van der Waals surface area contributed by atoms with Gasteiger partial charge in [-0.1, -0.05) is 17.7 Å². The fourth-order valence-corrected chi connectivity index (χ4v) is 4.52. The number of hydrogen-bond acceptors (Lipinski definition) is 4. The highest BCUT2D eigenvalue weighted by molar-refractivity contribution is 6.00. The third-order valence-electron chi connectivity index (χ3n) is 6.09. The molecule has 2 unspecified atom stereocenters. The number of amides is 3. The Labute approximate surface area is 177 Å². The first kappa shape index (κ1) is 21.6. The van der Waals surface area contributed by atoms with Gasteiger partial charge in [-0.3, -0.25) is 14.4 Å². The quantitative estimate of drug-likeness (QED) is 0.797. The van der Waals surface area contributed by atoms with Gasteiger partial charge in [0, 0.05) is 50.9 Å². The Kier molecular flexibility index (Phi) is 6.80. The Morgan fingerprint density at radius 2 is 1.83 bits per heavy atom. The average molecular weight is 421 g/mol. The molecule has 1 aromatic carbocycles. The van der Waals surface area contributed by atoms with E-state index in [2.05, 4.69) is 5.32 Å². The summed E-state index contributed by atoms with van der Waals surface area (Å²) in [6.45, 7) is 5.64. The molecule has 2 atom stereocenters. The van der Waals surface area contributed by atoms with Crippen LogP contribution in [0.1, 0.15) is 24.8 Å². The maximum atomic E-state index is 13.1. The van der Waals surface area contributed by atoms with Gasteiger partial charge < -0.3 is 20.0 Å². The lowest BCUT2D eigenvalue weighted by Gasteiger charge is -2.41. The number of benzene rings is 1. The Morgan fingerprint density at radius 1 is 1.07 bits per heavy atom. The van der Waals surface area contributed by atoms with Gasteiger partial charge in [-0.05, 0) is 31.9 Å². The molecular weight excluding hydrogens is 392 g/mol. The van der Waals surface area contributed by atoms with Crippen LogP contribution in [0.3, 0.4) is 0 Å². The molecule has 158 valence electrons. The van der Waals surface area contributed by atoms with Gasteiger partial charge in [0.05, 0.1) is 12.5 Å². The lowest BCUT2D eigenvalue weighted by molar-refractivity contribution is -0.142. The summed E-state index contributed by atoms with van der Waals surface area (Å²) in [7, 11) is 0. The van der Waals surface area contributed by atoms with E-state index in [1.54, 1.807) is 4.90 Å². The molecule has 1 aromatic rings. The zero-order chi connectivity index (χ0) is 19.7. The summed E-state index contributed by atoms with van der Waals surface area (Å²) in [6, 6.07) is 7.94. The summed E-state index contributed by atoms with van der Waals surface area (Å²) >= 11 is 0. The minimum absolute atomic E-state index is 0. The van der Waals surface area contributed by atoms with Gasteiger partial charge in [0.1, 0.15) is 0 Å². The van der Waals surface area contributed by atoms with E-state index in [9.17, 15) is 14.4 Å². The number of nitrogens with zero attached hydrogens (tertiary/aromatic N) is 3. The molecular formula is C21H29ClN4O3. The van der Waals surface area contributed by atoms with Crippen LogP contribution >= 0.6 is 12.4 Å². The number of aryl methyl sites for hydroxylation is 1. The van der Waals surface area contributed by atoms with Crippen molar-refractivity contribution in [3.63, 3.8) is 0 Å². The molecule has 0 bridgehead atoms. The van der Waals surface area contributed by atoms with Crippen LogP contribution in [0.2, 0.25) is 0 Å². The summed E-state index contributed by atoms with van der Waals surface area (Å²) < 4.78 is 0. The predicted molar refractivity (Wildman–Crippen MR) is 113 cm³/mol. The van der Waals surface area contributed by atoms with Crippen molar-refractivity contribution >= 4 is 35.8 Å². The molecule has 1 N–H and O–H groups in total. The SMILES string of the molecule is Cc1ccc(N2CC(C(=O)N3CCCC(N4CCNCC4=O)C3)CC2=O)cc1.Cl. The highest BCUT2D eigenvalue weighted by Gasteiger charge is 2.39. The molecule has 3 heterocycles. The normalized spacial score (nSPS) is 25.2. The van der Waals surface area contributed by atoms with Crippen molar-refractivity contribution in [3.8, 4) is 0 Å². The van der Waals surface area contributed by atoms with E-state index < -0.39 is 0 Å². The summed E-state index contributed by atoms with van der Waals surface area (Å²) in [5.74, 6) is -0.123. The van der Waals surface area contributed by atoms with E-state index >= 15 is 0 Å². The van der Waals surface area contributed by atoms with E-state index in [-0.39, 0.29) is 48.5 Å². The Bertz CT molecular complexity index is 770. The molecule has 4 rings (SSSR count). The average Bonchev–Trinajstić information content (AvgIpc) is 3.10. The Morgan fingerprint density at radius 3 is 2.55 bits per heavy atom. The van der Waals surface area contributed by atoms with Gasteiger partial charge in [-0.25, -0.2) is 0 Å². The van der Waals surface area contributed by atoms with Crippen molar-refractivity contribution in [2.75, 3.05) is 44.2 Å². The molecule has 3 aliphatic rings. The number of anilines is 1. The summed E-state index contributed by atoms with van der Waals surface area (Å²) in [6.07, 6.45) is 2.10. The largest absolute Gasteiger partial charge is 0.340 e. The second-order valence-corrected chi connectivity index (χ2v) is 8.09. The van der Waals surface area contributed by atoms with Gasteiger partial charge in [0.2, 0.25) is 17.7 Å². The molecule has 0 aromatic heterocycles. The maximum absolute atomic E-state index is 13.1. The highest BCUT2D eigenvalue weighted by atomic mass is 35.5. The molecule has 3 aliphatic heterocycles. The molecule has 3 fully saturated rings. The van der Waals surface area contributed by atoms with Crippen LogP contribution in [-0.2, 0) is 14.4 Å². The fourth-order valence-electron chi connectivity index (χ4n) is 4.52. The molecule has 3 saturated heterocycles. The number of likely N-dealkylation sites (tertiary alicyclic amines) is 1. The lowest BCUT2D eigenvalue weighted by atomic mass is 10.00. The fraction of sp³-hybridized carbons (Fsp3) is 0.571. The molecule has 8 heteroatoms. The lowest BCUT2D eigenvalue weighted by Crippen LogP contribution is -2.58. The number of nitrogens with one attached hydrogen (secondary N) is 1. The molecule has 0 saturated carbocycles. The number of halogens is 1. The topological polar surface area (TPSA) is 73.0 Å². The van der Waals surface area contributed by atoms with Crippen molar-refractivity contribution in [2.24, 2.45) is 5.92 Å². The predicted octanol–water partition coefficient (Wildman–Crippen LogP) is 1.19. The van der Waals surface area contributed by atoms with E-state index in [4.69, 9.17) is 0 Å². The van der Waals surface area contributed by atoms with E-state index in [1.807, 2.05) is 41.0 Å². The minimum atomic E-state index is -0.300. The summed E-state index contributed by atoms with van der Waals surface area (Å²) in [4.78, 5) is 43.4. The van der Waals surface area contributed by atoms with Crippen LogP contribution in [-0.4, -0.2) is 72.8 Å². The standard InChI is InChI=1S/C21H28N4O3.ClH/c1-15-4-6-17(7-5-15)25-13-16(11-19(25)26)21(28)23-9-2-3-18(14-23)24-10-8-22-12-20(24)27;/h4-7,16,18,22H,2-3,8-14H2,1H3;1H. The highest BCUT2D eigenvalue weighted by Crippen LogP contribution is 2.28. The maximum Gasteiger partial charge on any atom is 0.236 e. The zero-order valence-electron chi connectivity index (χ0n) is 16.8. The third kappa shape index (κ3) is 4.56. The molecule has 29 heavy (non-hydrogen) atoms. The van der Waals surface area contributed by atoms with Crippen LogP contribution in [0, 0.1) is 12.8 Å². The van der Waals surface area contributed by atoms with Gasteiger partial charge >= 0.3 is 0 Å². The number of carbonyl (C=O) groups excluding carboxylic acids is 3.